The number of piperazine rings is 1. The van der Waals surface area contributed by atoms with Crippen molar-refractivity contribution in [2.24, 2.45) is 0 Å². The van der Waals surface area contributed by atoms with Crippen molar-refractivity contribution in [3.8, 4) is 0 Å². The van der Waals surface area contributed by atoms with Gasteiger partial charge in [-0.25, -0.2) is 4.79 Å². The molecule has 1 N–H and O–H groups in total. The average Bonchev–Trinajstić information content (AvgIpc) is 2.64. The first-order valence-corrected chi connectivity index (χ1v) is 6.25. The van der Waals surface area contributed by atoms with E-state index in [0.29, 0.717) is 13.1 Å². The SMILES string of the molecule is C=CCN1C(=O)[C@@H]2CN(C(=O)CNC)CCN2C1=O. The predicted molar refractivity (Wildman–Crippen MR) is 68.3 cm³/mol. The topological polar surface area (TPSA) is 73.0 Å². The van der Waals surface area contributed by atoms with Crippen LogP contribution in [-0.2, 0) is 9.59 Å². The summed E-state index contributed by atoms with van der Waals surface area (Å²) in [5.74, 6) is -0.295. The number of amides is 4. The standard InChI is InChI=1S/C12H18N4O3/c1-3-4-16-11(18)9-8-14(10(17)7-13-2)5-6-15(9)12(16)19/h3,9,13H,1,4-8H2,2H3/t9-/m0/s1. The van der Waals surface area contributed by atoms with E-state index in [2.05, 4.69) is 11.9 Å². The van der Waals surface area contributed by atoms with Crippen LogP contribution in [-0.4, -0.2) is 78.4 Å². The zero-order valence-corrected chi connectivity index (χ0v) is 11.0. The Balaban J connectivity index is 2.08. The summed E-state index contributed by atoms with van der Waals surface area (Å²) in [6, 6.07) is -0.822. The van der Waals surface area contributed by atoms with Crippen LogP contribution in [0, 0.1) is 0 Å². The number of carbonyl (C=O) groups excluding carboxylic acids is 3. The molecule has 2 heterocycles. The van der Waals surface area contributed by atoms with Crippen molar-refractivity contribution in [1.29, 1.82) is 0 Å². The molecule has 0 unspecified atom stereocenters. The average molecular weight is 266 g/mol. The van der Waals surface area contributed by atoms with Gasteiger partial charge in [-0.05, 0) is 7.05 Å². The third-order valence-corrected chi connectivity index (χ3v) is 3.40. The molecular weight excluding hydrogens is 248 g/mol. The van der Waals surface area contributed by atoms with Gasteiger partial charge in [0.05, 0.1) is 13.1 Å². The molecule has 0 bridgehead atoms. The minimum atomic E-state index is -0.540. The highest BCUT2D eigenvalue weighted by Gasteiger charge is 2.47. The number of imide groups is 1. The second-order valence-electron chi connectivity index (χ2n) is 4.60. The van der Waals surface area contributed by atoms with Crippen LogP contribution in [0.25, 0.3) is 0 Å². The lowest BCUT2D eigenvalue weighted by atomic mass is 10.2. The van der Waals surface area contributed by atoms with E-state index in [1.165, 1.54) is 15.9 Å². The fraction of sp³-hybridized carbons (Fsp3) is 0.583. The molecule has 0 aromatic rings. The van der Waals surface area contributed by atoms with Crippen LogP contribution in [0.2, 0.25) is 0 Å². The molecular formula is C12H18N4O3. The molecule has 7 nitrogen and oxygen atoms in total. The molecule has 0 spiro atoms. The summed E-state index contributed by atoms with van der Waals surface area (Å²) in [4.78, 5) is 40.3. The van der Waals surface area contributed by atoms with Gasteiger partial charge >= 0.3 is 6.03 Å². The van der Waals surface area contributed by atoms with Gasteiger partial charge in [0, 0.05) is 19.6 Å². The third-order valence-electron chi connectivity index (χ3n) is 3.40. The molecule has 2 saturated heterocycles. The lowest BCUT2D eigenvalue weighted by Gasteiger charge is -2.35. The molecule has 2 rings (SSSR count). The van der Waals surface area contributed by atoms with Crippen molar-refractivity contribution in [3.05, 3.63) is 12.7 Å². The number of fused-ring (bicyclic) bond motifs is 1. The summed E-state index contributed by atoms with van der Waals surface area (Å²) in [6.07, 6.45) is 1.53. The molecule has 2 fully saturated rings. The number of urea groups is 1. The van der Waals surface area contributed by atoms with Crippen molar-refractivity contribution in [2.75, 3.05) is 39.8 Å². The second kappa shape index (κ2) is 5.40. The van der Waals surface area contributed by atoms with Crippen LogP contribution >= 0.6 is 0 Å². The molecule has 4 amide bonds. The van der Waals surface area contributed by atoms with Gasteiger partial charge in [0.2, 0.25) is 5.91 Å². The van der Waals surface area contributed by atoms with Crippen LogP contribution < -0.4 is 5.32 Å². The van der Waals surface area contributed by atoms with E-state index in [0.717, 1.165) is 0 Å². The Hall–Kier alpha value is -1.89. The third kappa shape index (κ3) is 2.33. The largest absolute Gasteiger partial charge is 0.337 e. The maximum atomic E-state index is 12.1. The van der Waals surface area contributed by atoms with E-state index in [1.807, 2.05) is 0 Å². The molecule has 0 aliphatic carbocycles. The maximum Gasteiger partial charge on any atom is 0.327 e. The number of nitrogens with one attached hydrogen (secondary N) is 1. The summed E-state index contributed by atoms with van der Waals surface area (Å²) < 4.78 is 0. The van der Waals surface area contributed by atoms with Crippen LogP contribution in [0.15, 0.2) is 12.7 Å². The minimum Gasteiger partial charge on any atom is -0.337 e. The van der Waals surface area contributed by atoms with Gasteiger partial charge in [-0.15, -0.1) is 6.58 Å². The number of hydrogen-bond donors (Lipinski definition) is 1. The zero-order valence-electron chi connectivity index (χ0n) is 11.0. The van der Waals surface area contributed by atoms with Crippen LogP contribution in [0.1, 0.15) is 0 Å². The molecule has 0 aromatic heterocycles. The first kappa shape index (κ1) is 13.5. The Kier molecular flexibility index (Phi) is 3.84. The van der Waals surface area contributed by atoms with Gasteiger partial charge in [0.25, 0.3) is 5.91 Å². The van der Waals surface area contributed by atoms with E-state index < -0.39 is 6.04 Å². The molecule has 2 aliphatic heterocycles. The number of likely N-dealkylation sites (N-methyl/N-ethyl adjacent to an activating group) is 1. The van der Waals surface area contributed by atoms with Crippen molar-refractivity contribution >= 4 is 17.8 Å². The number of rotatable bonds is 4. The normalized spacial score (nSPS) is 22.8. The van der Waals surface area contributed by atoms with E-state index in [1.54, 1.807) is 11.9 Å². The Morgan fingerprint density at radius 3 is 2.84 bits per heavy atom. The van der Waals surface area contributed by atoms with Crippen LogP contribution in [0.5, 0.6) is 0 Å². The number of carbonyl (C=O) groups is 3. The molecule has 7 heteroatoms. The monoisotopic (exact) mass is 266 g/mol. The van der Waals surface area contributed by atoms with Gasteiger partial charge in [-0.2, -0.15) is 0 Å². The Bertz CT molecular complexity index is 423. The van der Waals surface area contributed by atoms with Crippen molar-refractivity contribution in [1.82, 2.24) is 20.0 Å². The van der Waals surface area contributed by atoms with Gasteiger partial charge in [0.1, 0.15) is 6.04 Å². The first-order valence-electron chi connectivity index (χ1n) is 6.25. The minimum absolute atomic E-state index is 0.0513. The smallest absolute Gasteiger partial charge is 0.327 e. The van der Waals surface area contributed by atoms with Crippen LogP contribution in [0.3, 0.4) is 0 Å². The van der Waals surface area contributed by atoms with E-state index in [4.69, 9.17) is 0 Å². The highest BCUT2D eigenvalue weighted by Crippen LogP contribution is 2.21. The zero-order chi connectivity index (χ0) is 14.0. The highest BCUT2D eigenvalue weighted by molar-refractivity contribution is 6.05. The van der Waals surface area contributed by atoms with Crippen molar-refractivity contribution < 1.29 is 14.4 Å². The fourth-order valence-electron chi connectivity index (χ4n) is 2.44. The second-order valence-corrected chi connectivity index (χ2v) is 4.60. The highest BCUT2D eigenvalue weighted by atomic mass is 16.2. The summed E-state index contributed by atoms with van der Waals surface area (Å²) in [5, 5.41) is 2.79. The molecule has 1 atom stereocenters. The molecule has 19 heavy (non-hydrogen) atoms. The number of nitrogens with zero attached hydrogens (tertiary/aromatic N) is 3. The molecule has 0 radical (unpaired) electrons. The molecule has 0 aromatic carbocycles. The number of hydrogen-bond acceptors (Lipinski definition) is 4. The lowest BCUT2D eigenvalue weighted by Crippen LogP contribution is -2.55. The fourth-order valence-corrected chi connectivity index (χ4v) is 2.44. The van der Waals surface area contributed by atoms with E-state index in [9.17, 15) is 14.4 Å². The Morgan fingerprint density at radius 2 is 2.21 bits per heavy atom. The van der Waals surface area contributed by atoms with Crippen molar-refractivity contribution in [3.63, 3.8) is 0 Å². The van der Waals surface area contributed by atoms with Gasteiger partial charge in [-0.1, -0.05) is 6.08 Å². The molecule has 104 valence electrons. The Labute approximate surface area is 111 Å². The predicted octanol–water partition coefficient (Wildman–Crippen LogP) is -1.13. The van der Waals surface area contributed by atoms with Gasteiger partial charge in [0.15, 0.2) is 0 Å². The van der Waals surface area contributed by atoms with E-state index in [-0.39, 0.29) is 37.5 Å². The summed E-state index contributed by atoms with van der Waals surface area (Å²) in [6.45, 7) is 5.15. The molecule has 2 aliphatic rings. The summed E-state index contributed by atoms with van der Waals surface area (Å²) in [7, 11) is 1.70. The molecule has 0 saturated carbocycles. The van der Waals surface area contributed by atoms with Crippen molar-refractivity contribution in [2.45, 2.75) is 6.04 Å². The van der Waals surface area contributed by atoms with Gasteiger partial charge < -0.3 is 15.1 Å². The lowest BCUT2D eigenvalue weighted by molar-refractivity contribution is -0.135. The first-order chi connectivity index (χ1) is 9.10. The van der Waals surface area contributed by atoms with Gasteiger partial charge in [-0.3, -0.25) is 14.5 Å². The van der Waals surface area contributed by atoms with Crippen LogP contribution in [0.4, 0.5) is 4.79 Å². The maximum absolute atomic E-state index is 12.1. The quantitative estimate of drug-likeness (QED) is 0.516. The Morgan fingerprint density at radius 1 is 1.47 bits per heavy atom. The summed E-state index contributed by atoms with van der Waals surface area (Å²) >= 11 is 0. The summed E-state index contributed by atoms with van der Waals surface area (Å²) in [5.41, 5.74) is 0. The van der Waals surface area contributed by atoms with E-state index >= 15 is 0 Å².